The van der Waals surface area contributed by atoms with Crippen LogP contribution in [-0.2, 0) is 26.2 Å². The van der Waals surface area contributed by atoms with Gasteiger partial charge in [0, 0.05) is 12.6 Å². The van der Waals surface area contributed by atoms with Gasteiger partial charge in [0.2, 0.25) is 11.8 Å². The zero-order chi connectivity index (χ0) is 28.7. The summed E-state index contributed by atoms with van der Waals surface area (Å²) in [5.41, 5.74) is 0.894. The molecule has 0 aliphatic rings. The van der Waals surface area contributed by atoms with Crippen LogP contribution in [0.5, 0.6) is 5.75 Å². The molecule has 0 aliphatic carbocycles. The van der Waals surface area contributed by atoms with Crippen molar-refractivity contribution in [1.82, 2.24) is 10.2 Å². The predicted octanol–water partition coefficient (Wildman–Crippen LogP) is 5.14. The first-order valence-corrected chi connectivity index (χ1v) is 14.4. The molecule has 0 aromatic heterocycles. The Bertz CT molecular complexity index is 1400. The topological polar surface area (TPSA) is 96.0 Å². The minimum Gasteiger partial charge on any atom is -0.497 e. The van der Waals surface area contributed by atoms with Crippen molar-refractivity contribution >= 4 is 50.7 Å². The van der Waals surface area contributed by atoms with Crippen molar-refractivity contribution in [3.8, 4) is 5.75 Å². The minimum atomic E-state index is -4.15. The number of hydrogen-bond acceptors (Lipinski definition) is 5. The molecule has 11 heteroatoms. The number of hydrogen-bond donors (Lipinski definition) is 1. The van der Waals surface area contributed by atoms with Crippen molar-refractivity contribution in [2.24, 2.45) is 0 Å². The first kappa shape index (κ1) is 30.3. The zero-order valence-electron chi connectivity index (χ0n) is 22.1. The highest BCUT2D eigenvalue weighted by atomic mass is 35.5. The highest BCUT2D eigenvalue weighted by Crippen LogP contribution is 2.27. The number of nitrogens with zero attached hydrogens (tertiary/aromatic N) is 2. The molecule has 0 radical (unpaired) electrons. The average Bonchev–Trinajstić information content (AvgIpc) is 2.92. The van der Waals surface area contributed by atoms with Crippen LogP contribution in [0.4, 0.5) is 5.69 Å². The SMILES string of the molecule is COc1ccc(N(CC(=O)N(Cc2ccc(Cl)c(Cl)c2)[C@@H](C)C(=O)NC(C)C)S(=O)(=O)c2ccccc2)cc1. The fraction of sp³-hybridized carbons (Fsp3) is 0.286. The number of carbonyl (C=O) groups is 2. The van der Waals surface area contributed by atoms with E-state index < -0.39 is 28.5 Å². The van der Waals surface area contributed by atoms with Crippen molar-refractivity contribution < 1.29 is 22.7 Å². The second kappa shape index (κ2) is 13.2. The Kier molecular flexibility index (Phi) is 10.2. The van der Waals surface area contributed by atoms with Crippen molar-refractivity contribution in [3.63, 3.8) is 0 Å². The van der Waals surface area contributed by atoms with Gasteiger partial charge in [-0.05, 0) is 74.9 Å². The minimum absolute atomic E-state index is 0.00421. The van der Waals surface area contributed by atoms with Gasteiger partial charge in [0.1, 0.15) is 18.3 Å². The summed E-state index contributed by atoms with van der Waals surface area (Å²) >= 11 is 12.2. The maximum atomic E-state index is 13.9. The largest absolute Gasteiger partial charge is 0.497 e. The normalized spacial score (nSPS) is 12.1. The van der Waals surface area contributed by atoms with E-state index in [0.717, 1.165) is 4.31 Å². The van der Waals surface area contributed by atoms with Crippen molar-refractivity contribution in [3.05, 3.63) is 88.4 Å². The van der Waals surface area contributed by atoms with Crippen LogP contribution in [0.2, 0.25) is 10.0 Å². The molecule has 3 aromatic carbocycles. The summed E-state index contributed by atoms with van der Waals surface area (Å²) in [5, 5.41) is 3.46. The highest BCUT2D eigenvalue weighted by molar-refractivity contribution is 7.92. The number of ether oxygens (including phenoxy) is 1. The molecule has 0 aliphatic heterocycles. The third kappa shape index (κ3) is 7.65. The lowest BCUT2D eigenvalue weighted by atomic mass is 10.1. The molecule has 0 spiro atoms. The second-order valence-corrected chi connectivity index (χ2v) is 11.8. The summed E-state index contributed by atoms with van der Waals surface area (Å²) in [6, 6.07) is 18.0. The van der Waals surface area contributed by atoms with Gasteiger partial charge in [0.15, 0.2) is 0 Å². The molecule has 0 bridgehead atoms. The van der Waals surface area contributed by atoms with Gasteiger partial charge in [0.25, 0.3) is 10.0 Å². The molecule has 0 unspecified atom stereocenters. The Morgan fingerprint density at radius 3 is 2.13 bits per heavy atom. The number of benzene rings is 3. The number of methoxy groups -OCH3 is 1. The molecule has 8 nitrogen and oxygen atoms in total. The van der Waals surface area contributed by atoms with Crippen LogP contribution in [0.1, 0.15) is 26.3 Å². The molecule has 0 saturated heterocycles. The van der Waals surface area contributed by atoms with E-state index in [9.17, 15) is 18.0 Å². The third-order valence-corrected chi connectivity index (χ3v) is 8.43. The molecule has 2 amide bonds. The molecule has 0 fully saturated rings. The standard InChI is InChI=1S/C28H31Cl2N3O5S/c1-19(2)31-28(35)20(3)32(17-21-10-15-25(29)26(30)16-21)27(34)18-33(22-11-13-23(38-4)14-12-22)39(36,37)24-8-6-5-7-9-24/h5-16,19-20H,17-18H2,1-4H3,(H,31,35)/t20-/m0/s1. The Labute approximate surface area is 239 Å². The van der Waals surface area contributed by atoms with E-state index in [-0.39, 0.29) is 29.1 Å². The molecule has 3 aromatic rings. The molecule has 0 heterocycles. The van der Waals surface area contributed by atoms with Crippen LogP contribution >= 0.6 is 23.2 Å². The average molecular weight is 593 g/mol. The van der Waals surface area contributed by atoms with E-state index in [2.05, 4.69) is 5.32 Å². The second-order valence-electron chi connectivity index (χ2n) is 9.13. The van der Waals surface area contributed by atoms with E-state index in [1.807, 2.05) is 13.8 Å². The van der Waals surface area contributed by atoms with E-state index in [0.29, 0.717) is 21.4 Å². The van der Waals surface area contributed by atoms with Gasteiger partial charge in [0.05, 0.1) is 27.7 Å². The number of anilines is 1. The lowest BCUT2D eigenvalue weighted by Gasteiger charge is -2.32. The Morgan fingerprint density at radius 1 is 0.923 bits per heavy atom. The summed E-state index contributed by atoms with van der Waals surface area (Å²) in [6.45, 7) is 4.67. The fourth-order valence-corrected chi connectivity index (χ4v) is 5.58. The maximum absolute atomic E-state index is 13.9. The first-order valence-electron chi connectivity index (χ1n) is 12.2. The van der Waals surface area contributed by atoms with E-state index in [1.165, 1.54) is 24.1 Å². The molecule has 1 N–H and O–H groups in total. The molecule has 1 atom stereocenters. The monoisotopic (exact) mass is 591 g/mol. The van der Waals surface area contributed by atoms with Crippen LogP contribution in [0.3, 0.4) is 0 Å². The molecule has 0 saturated carbocycles. The van der Waals surface area contributed by atoms with E-state index >= 15 is 0 Å². The molecule has 208 valence electrons. The van der Waals surface area contributed by atoms with Gasteiger partial charge >= 0.3 is 0 Å². The smallest absolute Gasteiger partial charge is 0.264 e. The lowest BCUT2D eigenvalue weighted by molar-refractivity contribution is -0.139. The van der Waals surface area contributed by atoms with Crippen molar-refractivity contribution in [1.29, 1.82) is 0 Å². The van der Waals surface area contributed by atoms with Gasteiger partial charge < -0.3 is 15.0 Å². The lowest BCUT2D eigenvalue weighted by Crippen LogP contribution is -2.52. The summed E-state index contributed by atoms with van der Waals surface area (Å²) in [6.07, 6.45) is 0. The number of halogens is 2. The molecule has 3 rings (SSSR count). The molecular formula is C28H31Cl2N3O5S. The Hall–Kier alpha value is -3.27. The number of carbonyl (C=O) groups excluding carboxylic acids is 2. The van der Waals surface area contributed by atoms with Crippen molar-refractivity contribution in [2.75, 3.05) is 18.0 Å². The van der Waals surface area contributed by atoms with Crippen LogP contribution in [0.25, 0.3) is 0 Å². The zero-order valence-corrected chi connectivity index (χ0v) is 24.4. The third-order valence-electron chi connectivity index (χ3n) is 5.91. The van der Waals surface area contributed by atoms with E-state index in [1.54, 1.807) is 67.6 Å². The fourth-order valence-electron chi connectivity index (χ4n) is 3.82. The van der Waals surface area contributed by atoms with Gasteiger partial charge in [-0.25, -0.2) is 8.42 Å². The van der Waals surface area contributed by atoms with Crippen LogP contribution in [0.15, 0.2) is 77.7 Å². The molecule has 39 heavy (non-hydrogen) atoms. The first-order chi connectivity index (χ1) is 18.4. The van der Waals surface area contributed by atoms with Gasteiger partial charge in [-0.2, -0.15) is 0 Å². The highest BCUT2D eigenvalue weighted by Gasteiger charge is 2.32. The van der Waals surface area contributed by atoms with Crippen LogP contribution in [0, 0.1) is 0 Å². The Balaban J connectivity index is 2.03. The maximum Gasteiger partial charge on any atom is 0.264 e. The number of rotatable bonds is 11. The predicted molar refractivity (Wildman–Crippen MR) is 154 cm³/mol. The summed E-state index contributed by atoms with van der Waals surface area (Å²) in [7, 11) is -2.65. The summed E-state index contributed by atoms with van der Waals surface area (Å²) in [5.74, 6) is -0.425. The number of nitrogens with one attached hydrogen (secondary N) is 1. The number of amides is 2. The quantitative estimate of drug-likeness (QED) is 0.333. The van der Waals surface area contributed by atoms with Crippen LogP contribution < -0.4 is 14.4 Å². The Morgan fingerprint density at radius 2 is 1.56 bits per heavy atom. The summed E-state index contributed by atoms with van der Waals surface area (Å²) in [4.78, 5) is 28.2. The van der Waals surface area contributed by atoms with E-state index in [4.69, 9.17) is 27.9 Å². The van der Waals surface area contributed by atoms with Gasteiger partial charge in [-0.1, -0.05) is 47.5 Å². The van der Waals surface area contributed by atoms with Crippen molar-refractivity contribution in [2.45, 2.75) is 44.3 Å². The van der Waals surface area contributed by atoms with Crippen LogP contribution in [-0.4, -0.2) is 50.9 Å². The van der Waals surface area contributed by atoms with Gasteiger partial charge in [-0.15, -0.1) is 0 Å². The van der Waals surface area contributed by atoms with Gasteiger partial charge in [-0.3, -0.25) is 13.9 Å². The molecular weight excluding hydrogens is 561 g/mol. The number of sulfonamides is 1. The summed E-state index contributed by atoms with van der Waals surface area (Å²) < 4.78 is 33.7.